The molecule has 2 saturated carbocycles. The molecule has 2 aliphatic carbocycles. The Morgan fingerprint density at radius 2 is 1.87 bits per heavy atom. The Kier molecular flexibility index (Phi) is 3.42. The Labute approximate surface area is 95.8 Å². The predicted octanol–water partition coefficient (Wildman–Crippen LogP) is 5.03. The Bertz CT molecular complexity index is 200. The third-order valence-electron chi connectivity index (χ3n) is 5.40. The first-order valence-electron chi connectivity index (χ1n) is 7.23. The first kappa shape index (κ1) is 11.5. The largest absolute Gasteiger partial charge is 0.0654 e. The highest BCUT2D eigenvalue weighted by atomic mass is 14.6. The molecule has 0 aromatic carbocycles. The molecule has 0 aliphatic heterocycles. The number of rotatable bonds is 4. The van der Waals surface area contributed by atoms with Crippen LogP contribution in [0.3, 0.4) is 0 Å². The standard InChI is InChI=1S/C15H28/c1-4-8-13-11-15(9-6-7-10-15)14(13)12(3)5-2/h12-14H,4-11H2,1-3H3. The molecule has 0 bridgehead atoms. The Morgan fingerprint density at radius 3 is 2.40 bits per heavy atom. The van der Waals surface area contributed by atoms with Crippen molar-refractivity contribution in [2.24, 2.45) is 23.2 Å². The van der Waals surface area contributed by atoms with Gasteiger partial charge in [-0.2, -0.15) is 0 Å². The molecule has 3 unspecified atom stereocenters. The molecular formula is C15H28. The van der Waals surface area contributed by atoms with Crippen molar-refractivity contribution in [1.29, 1.82) is 0 Å². The molecule has 0 heterocycles. The van der Waals surface area contributed by atoms with E-state index in [4.69, 9.17) is 0 Å². The Hall–Kier alpha value is 0. The maximum atomic E-state index is 2.51. The summed E-state index contributed by atoms with van der Waals surface area (Å²) < 4.78 is 0. The molecule has 0 saturated heterocycles. The second-order valence-corrected chi connectivity index (χ2v) is 6.23. The lowest BCUT2D eigenvalue weighted by Gasteiger charge is -2.57. The van der Waals surface area contributed by atoms with Gasteiger partial charge in [0.05, 0.1) is 0 Å². The third-order valence-corrected chi connectivity index (χ3v) is 5.40. The molecule has 0 heteroatoms. The minimum Gasteiger partial charge on any atom is -0.0654 e. The van der Waals surface area contributed by atoms with Crippen LogP contribution in [0.4, 0.5) is 0 Å². The first-order chi connectivity index (χ1) is 7.23. The highest BCUT2D eigenvalue weighted by Crippen LogP contribution is 2.64. The van der Waals surface area contributed by atoms with Gasteiger partial charge in [-0.15, -0.1) is 0 Å². The summed E-state index contributed by atoms with van der Waals surface area (Å²) in [7, 11) is 0. The molecule has 88 valence electrons. The fourth-order valence-electron chi connectivity index (χ4n) is 4.72. The van der Waals surface area contributed by atoms with Crippen molar-refractivity contribution in [2.75, 3.05) is 0 Å². The van der Waals surface area contributed by atoms with E-state index >= 15 is 0 Å². The smallest absolute Gasteiger partial charge is 0.0261 e. The summed E-state index contributed by atoms with van der Waals surface area (Å²) in [5.41, 5.74) is 0.829. The molecule has 0 radical (unpaired) electrons. The molecule has 0 N–H and O–H groups in total. The topological polar surface area (TPSA) is 0 Å². The van der Waals surface area contributed by atoms with Crippen molar-refractivity contribution in [3.8, 4) is 0 Å². The van der Waals surface area contributed by atoms with Gasteiger partial charge in [-0.25, -0.2) is 0 Å². The molecule has 3 atom stereocenters. The highest BCUT2D eigenvalue weighted by molar-refractivity contribution is 5.04. The zero-order valence-corrected chi connectivity index (χ0v) is 10.9. The van der Waals surface area contributed by atoms with Crippen molar-refractivity contribution in [1.82, 2.24) is 0 Å². The molecule has 0 aromatic rings. The molecule has 2 fully saturated rings. The van der Waals surface area contributed by atoms with Gasteiger partial charge < -0.3 is 0 Å². The van der Waals surface area contributed by atoms with Crippen LogP contribution in [0.2, 0.25) is 0 Å². The lowest BCUT2D eigenvalue weighted by molar-refractivity contribution is -0.0770. The van der Waals surface area contributed by atoms with Gasteiger partial charge in [-0.1, -0.05) is 52.9 Å². The van der Waals surface area contributed by atoms with E-state index in [1.165, 1.54) is 32.1 Å². The third kappa shape index (κ3) is 1.85. The van der Waals surface area contributed by atoms with Crippen LogP contribution in [-0.2, 0) is 0 Å². The van der Waals surface area contributed by atoms with Crippen molar-refractivity contribution in [3.63, 3.8) is 0 Å². The molecule has 2 rings (SSSR count). The van der Waals surface area contributed by atoms with Crippen molar-refractivity contribution < 1.29 is 0 Å². The number of hydrogen-bond acceptors (Lipinski definition) is 0. The van der Waals surface area contributed by atoms with Crippen LogP contribution in [0, 0.1) is 23.2 Å². The average molecular weight is 208 g/mol. The Balaban J connectivity index is 2.03. The van der Waals surface area contributed by atoms with Gasteiger partial charge in [0.1, 0.15) is 0 Å². The van der Waals surface area contributed by atoms with Crippen LogP contribution >= 0.6 is 0 Å². The van der Waals surface area contributed by atoms with Gasteiger partial charge in [0.2, 0.25) is 0 Å². The van der Waals surface area contributed by atoms with E-state index in [-0.39, 0.29) is 0 Å². The highest BCUT2D eigenvalue weighted by Gasteiger charge is 2.54. The van der Waals surface area contributed by atoms with E-state index in [0.717, 1.165) is 23.2 Å². The normalized spacial score (nSPS) is 35.4. The van der Waals surface area contributed by atoms with Crippen LogP contribution in [0.1, 0.15) is 72.1 Å². The molecular weight excluding hydrogens is 180 g/mol. The van der Waals surface area contributed by atoms with Gasteiger partial charge in [-0.05, 0) is 42.4 Å². The Morgan fingerprint density at radius 1 is 1.20 bits per heavy atom. The number of hydrogen-bond donors (Lipinski definition) is 0. The SMILES string of the molecule is CCCC1CC2(CCCC2)C1C(C)CC. The van der Waals surface area contributed by atoms with E-state index in [2.05, 4.69) is 20.8 Å². The molecule has 2 aliphatic rings. The van der Waals surface area contributed by atoms with Gasteiger partial charge in [0, 0.05) is 0 Å². The molecule has 15 heavy (non-hydrogen) atoms. The predicted molar refractivity (Wildman–Crippen MR) is 66.9 cm³/mol. The average Bonchev–Trinajstić information content (AvgIpc) is 2.68. The molecule has 1 spiro atoms. The molecule has 0 aromatic heterocycles. The maximum Gasteiger partial charge on any atom is -0.0261 e. The monoisotopic (exact) mass is 208 g/mol. The minimum atomic E-state index is 0.829. The summed E-state index contributed by atoms with van der Waals surface area (Å²) in [4.78, 5) is 0. The second-order valence-electron chi connectivity index (χ2n) is 6.23. The van der Waals surface area contributed by atoms with Crippen LogP contribution in [-0.4, -0.2) is 0 Å². The van der Waals surface area contributed by atoms with E-state index in [1.807, 2.05) is 0 Å². The van der Waals surface area contributed by atoms with Crippen LogP contribution in [0.5, 0.6) is 0 Å². The van der Waals surface area contributed by atoms with E-state index in [9.17, 15) is 0 Å². The fourth-order valence-corrected chi connectivity index (χ4v) is 4.72. The van der Waals surface area contributed by atoms with E-state index < -0.39 is 0 Å². The summed E-state index contributed by atoms with van der Waals surface area (Å²) in [6, 6.07) is 0. The van der Waals surface area contributed by atoms with Gasteiger partial charge in [0.25, 0.3) is 0 Å². The lowest BCUT2D eigenvalue weighted by atomic mass is 9.48. The minimum absolute atomic E-state index is 0.829. The maximum absolute atomic E-state index is 2.51. The van der Waals surface area contributed by atoms with Gasteiger partial charge >= 0.3 is 0 Å². The van der Waals surface area contributed by atoms with Crippen molar-refractivity contribution >= 4 is 0 Å². The molecule has 0 amide bonds. The van der Waals surface area contributed by atoms with Crippen LogP contribution in [0.15, 0.2) is 0 Å². The van der Waals surface area contributed by atoms with Crippen LogP contribution < -0.4 is 0 Å². The van der Waals surface area contributed by atoms with Crippen LogP contribution in [0.25, 0.3) is 0 Å². The van der Waals surface area contributed by atoms with E-state index in [0.29, 0.717) is 0 Å². The summed E-state index contributed by atoms with van der Waals surface area (Å²) in [6.45, 7) is 7.24. The van der Waals surface area contributed by atoms with Gasteiger partial charge in [0.15, 0.2) is 0 Å². The summed E-state index contributed by atoms with van der Waals surface area (Å²) in [6.07, 6.45) is 12.0. The van der Waals surface area contributed by atoms with E-state index in [1.54, 1.807) is 19.3 Å². The quantitative estimate of drug-likeness (QED) is 0.608. The molecule has 0 nitrogen and oxygen atoms in total. The zero-order valence-electron chi connectivity index (χ0n) is 10.9. The van der Waals surface area contributed by atoms with Gasteiger partial charge in [-0.3, -0.25) is 0 Å². The van der Waals surface area contributed by atoms with Crippen molar-refractivity contribution in [2.45, 2.75) is 72.1 Å². The summed E-state index contributed by atoms with van der Waals surface area (Å²) >= 11 is 0. The second kappa shape index (κ2) is 4.47. The lowest BCUT2D eigenvalue weighted by Crippen LogP contribution is -2.49. The fraction of sp³-hybridized carbons (Fsp3) is 1.00. The first-order valence-corrected chi connectivity index (χ1v) is 7.23. The van der Waals surface area contributed by atoms with Crippen molar-refractivity contribution in [3.05, 3.63) is 0 Å². The summed E-state index contributed by atoms with van der Waals surface area (Å²) in [5, 5.41) is 0. The summed E-state index contributed by atoms with van der Waals surface area (Å²) in [5.74, 6) is 3.15. The zero-order chi connectivity index (χ0) is 10.9.